The lowest BCUT2D eigenvalue weighted by molar-refractivity contribution is 0.0431. The second-order valence-electron chi connectivity index (χ2n) is 4.95. The van der Waals surface area contributed by atoms with Crippen molar-refractivity contribution in [2.24, 2.45) is 0 Å². The fourth-order valence-electron chi connectivity index (χ4n) is 1.96. The van der Waals surface area contributed by atoms with E-state index >= 15 is 0 Å². The molecule has 0 aliphatic heterocycles. The Labute approximate surface area is 131 Å². The van der Waals surface area contributed by atoms with Crippen LogP contribution >= 0.6 is 0 Å². The highest BCUT2D eigenvalue weighted by molar-refractivity contribution is 5.86. The molecule has 0 aromatic carbocycles. The Kier molecular flexibility index (Phi) is 3.88. The molecule has 0 unspecified atom stereocenters. The first-order chi connectivity index (χ1) is 11.0. The maximum Gasteiger partial charge on any atom is 0.359 e. The average molecular weight is 314 g/mol. The number of hydrogen-bond donors (Lipinski definition) is 0. The first kappa shape index (κ1) is 14.9. The van der Waals surface area contributed by atoms with Crippen LogP contribution in [-0.2, 0) is 11.3 Å². The Morgan fingerprint density at radius 3 is 2.61 bits per heavy atom. The summed E-state index contributed by atoms with van der Waals surface area (Å²) in [5.41, 5.74) is 1.56. The zero-order valence-corrected chi connectivity index (χ0v) is 12.9. The van der Waals surface area contributed by atoms with E-state index in [9.17, 15) is 4.79 Å². The van der Waals surface area contributed by atoms with Crippen molar-refractivity contribution in [3.8, 4) is 11.5 Å². The molecule has 0 saturated carbocycles. The van der Waals surface area contributed by atoms with E-state index in [2.05, 4.69) is 20.2 Å². The van der Waals surface area contributed by atoms with Crippen molar-refractivity contribution in [2.75, 3.05) is 0 Å². The van der Waals surface area contributed by atoms with Crippen molar-refractivity contribution >= 4 is 5.97 Å². The minimum atomic E-state index is -0.604. The summed E-state index contributed by atoms with van der Waals surface area (Å²) in [6.45, 7) is 5.28. The lowest BCUT2D eigenvalue weighted by Gasteiger charge is -2.00. The molecule has 3 heterocycles. The molecule has 0 radical (unpaired) electrons. The smallest absolute Gasteiger partial charge is 0.359 e. The number of nitrogens with zero attached hydrogens (tertiary/aromatic N) is 4. The van der Waals surface area contributed by atoms with Gasteiger partial charge in [-0.1, -0.05) is 0 Å². The lowest BCUT2D eigenvalue weighted by Crippen LogP contribution is -2.08. The lowest BCUT2D eigenvalue weighted by atomic mass is 10.2. The molecule has 3 aromatic rings. The molecule has 0 saturated heterocycles. The first-order valence-electron chi connectivity index (χ1n) is 6.88. The minimum Gasteiger partial charge on any atom is -0.466 e. The third-order valence-electron chi connectivity index (χ3n) is 3.06. The van der Waals surface area contributed by atoms with Gasteiger partial charge in [-0.05, 0) is 26.8 Å². The van der Waals surface area contributed by atoms with Crippen molar-refractivity contribution in [1.29, 1.82) is 0 Å². The average Bonchev–Trinajstić information content (AvgIpc) is 3.11. The van der Waals surface area contributed by atoms with Gasteiger partial charge in [0, 0.05) is 6.20 Å². The van der Waals surface area contributed by atoms with Gasteiger partial charge in [0.1, 0.15) is 11.5 Å². The summed E-state index contributed by atoms with van der Waals surface area (Å²) in [4.78, 5) is 19.8. The molecule has 8 nitrogen and oxygen atoms in total. The molecular formula is C15H14N4O4. The number of carbonyl (C=O) groups excluding carboxylic acids is 1. The summed E-state index contributed by atoms with van der Waals surface area (Å²) < 4.78 is 16.0. The highest BCUT2D eigenvalue weighted by Crippen LogP contribution is 2.25. The molecule has 0 bridgehead atoms. The Bertz CT molecular complexity index is 836. The van der Waals surface area contributed by atoms with E-state index in [0.29, 0.717) is 17.3 Å². The van der Waals surface area contributed by atoms with Crippen molar-refractivity contribution in [1.82, 2.24) is 20.2 Å². The van der Waals surface area contributed by atoms with Crippen LogP contribution in [0.2, 0.25) is 0 Å². The fourth-order valence-corrected chi connectivity index (χ4v) is 1.96. The van der Waals surface area contributed by atoms with Crippen LogP contribution in [-0.4, -0.2) is 26.1 Å². The Morgan fingerprint density at radius 1 is 1.13 bits per heavy atom. The largest absolute Gasteiger partial charge is 0.466 e. The molecule has 23 heavy (non-hydrogen) atoms. The van der Waals surface area contributed by atoms with Crippen LogP contribution in [0.25, 0.3) is 11.5 Å². The summed E-state index contributed by atoms with van der Waals surface area (Å²) in [5, 5.41) is 7.78. The van der Waals surface area contributed by atoms with Crippen molar-refractivity contribution in [3.63, 3.8) is 0 Å². The maximum atomic E-state index is 11.8. The van der Waals surface area contributed by atoms with E-state index in [0.717, 1.165) is 11.3 Å². The Balaban J connectivity index is 1.66. The van der Waals surface area contributed by atoms with Crippen molar-refractivity contribution in [3.05, 3.63) is 47.3 Å². The van der Waals surface area contributed by atoms with Crippen LogP contribution in [0, 0.1) is 20.8 Å². The summed E-state index contributed by atoms with van der Waals surface area (Å²) >= 11 is 0. The zero-order chi connectivity index (χ0) is 16.4. The van der Waals surface area contributed by atoms with E-state index in [1.807, 2.05) is 13.8 Å². The van der Waals surface area contributed by atoms with E-state index < -0.39 is 5.97 Å². The second-order valence-corrected chi connectivity index (χ2v) is 4.95. The first-order valence-corrected chi connectivity index (χ1v) is 6.88. The molecule has 0 aliphatic carbocycles. The van der Waals surface area contributed by atoms with Crippen molar-refractivity contribution < 1.29 is 18.4 Å². The summed E-state index contributed by atoms with van der Waals surface area (Å²) in [7, 11) is 0. The second kappa shape index (κ2) is 5.99. The molecule has 0 N–H and O–H groups in total. The van der Waals surface area contributed by atoms with Gasteiger partial charge in [-0.3, -0.25) is 4.98 Å². The van der Waals surface area contributed by atoms with Crippen LogP contribution < -0.4 is 0 Å². The van der Waals surface area contributed by atoms with E-state index in [-0.39, 0.29) is 18.2 Å². The van der Waals surface area contributed by atoms with Gasteiger partial charge in [0.2, 0.25) is 0 Å². The molecular weight excluding hydrogens is 300 g/mol. The zero-order valence-electron chi connectivity index (χ0n) is 12.9. The third-order valence-corrected chi connectivity index (χ3v) is 3.06. The van der Waals surface area contributed by atoms with Gasteiger partial charge in [0.25, 0.3) is 11.8 Å². The Morgan fingerprint density at radius 2 is 1.96 bits per heavy atom. The van der Waals surface area contributed by atoms with Gasteiger partial charge in [0.05, 0.1) is 17.5 Å². The van der Waals surface area contributed by atoms with Crippen LogP contribution in [0.15, 0.2) is 27.3 Å². The number of carbonyl (C=O) groups is 1. The van der Waals surface area contributed by atoms with Gasteiger partial charge >= 0.3 is 5.97 Å². The summed E-state index contributed by atoms with van der Waals surface area (Å²) in [5.74, 6) is 1.34. The molecule has 0 amide bonds. The van der Waals surface area contributed by atoms with Gasteiger partial charge in [-0.25, -0.2) is 9.78 Å². The predicted octanol–water partition coefficient (Wildman–Crippen LogP) is 2.40. The third kappa shape index (κ3) is 3.25. The van der Waals surface area contributed by atoms with Crippen LogP contribution in [0.1, 0.15) is 33.6 Å². The number of ether oxygens (including phenoxy) is 1. The SMILES string of the molecule is Cc1cnc(C(=O)OCc2nnc(-c3cc(C)oc3C)o2)cn1. The summed E-state index contributed by atoms with van der Waals surface area (Å²) in [6, 6.07) is 1.81. The quantitative estimate of drug-likeness (QED) is 0.676. The number of esters is 1. The molecule has 0 fully saturated rings. The van der Waals surface area contributed by atoms with Gasteiger partial charge in [-0.15, -0.1) is 10.2 Å². The van der Waals surface area contributed by atoms with Gasteiger partial charge in [0.15, 0.2) is 12.3 Å². The van der Waals surface area contributed by atoms with E-state index in [1.54, 1.807) is 13.0 Å². The van der Waals surface area contributed by atoms with E-state index in [4.69, 9.17) is 13.6 Å². The molecule has 8 heteroatoms. The number of aryl methyl sites for hydroxylation is 3. The summed E-state index contributed by atoms with van der Waals surface area (Å²) in [6.07, 6.45) is 2.85. The monoisotopic (exact) mass is 314 g/mol. The topological polar surface area (TPSA) is 104 Å². The fraction of sp³-hybridized carbons (Fsp3) is 0.267. The number of hydrogen-bond acceptors (Lipinski definition) is 8. The highest BCUT2D eigenvalue weighted by atomic mass is 16.5. The van der Waals surface area contributed by atoms with E-state index in [1.165, 1.54) is 12.4 Å². The molecule has 3 rings (SSSR count). The highest BCUT2D eigenvalue weighted by Gasteiger charge is 2.16. The standard InChI is InChI=1S/C15H14N4O4/c1-8-5-17-12(6-16-8)15(20)21-7-13-18-19-14(23-13)11-4-9(2)22-10(11)3/h4-6H,7H2,1-3H3. The molecule has 118 valence electrons. The van der Waals surface area contributed by atoms with Crippen LogP contribution in [0.5, 0.6) is 0 Å². The number of aromatic nitrogens is 4. The molecule has 3 aromatic heterocycles. The van der Waals surface area contributed by atoms with Crippen molar-refractivity contribution in [2.45, 2.75) is 27.4 Å². The number of furan rings is 1. The minimum absolute atomic E-state index is 0.122. The normalized spacial score (nSPS) is 10.7. The van der Waals surface area contributed by atoms with Crippen LogP contribution in [0.3, 0.4) is 0 Å². The van der Waals surface area contributed by atoms with Gasteiger partial charge < -0.3 is 13.6 Å². The predicted molar refractivity (Wildman–Crippen MR) is 77.4 cm³/mol. The van der Waals surface area contributed by atoms with Crippen LogP contribution in [0.4, 0.5) is 0 Å². The van der Waals surface area contributed by atoms with Gasteiger partial charge in [-0.2, -0.15) is 0 Å². The number of rotatable bonds is 4. The molecule has 0 atom stereocenters. The molecule has 0 aliphatic rings. The molecule has 0 spiro atoms. The maximum absolute atomic E-state index is 11.8. The Hall–Kier alpha value is -3.03.